The van der Waals surface area contributed by atoms with Crippen molar-refractivity contribution in [3.63, 3.8) is 0 Å². The number of hydrogen-bond acceptors (Lipinski definition) is 3. The summed E-state index contributed by atoms with van der Waals surface area (Å²) in [6.45, 7) is 0.650. The third-order valence-electron chi connectivity index (χ3n) is 2.01. The minimum Gasteiger partial charge on any atom is -0.392 e. The average molecular weight is 193 g/mol. The van der Waals surface area contributed by atoms with Gasteiger partial charge in [0, 0.05) is 12.1 Å². The lowest BCUT2D eigenvalue weighted by atomic mass is 10.0. The number of nitrogens with one attached hydrogen (secondary N) is 2. The first kappa shape index (κ1) is 10.7. The highest BCUT2D eigenvalue weighted by atomic mass is 16.3. The molecule has 0 radical (unpaired) electrons. The smallest absolute Gasteiger partial charge is 0.123 e. The lowest BCUT2D eigenvalue weighted by Gasteiger charge is -2.08. The van der Waals surface area contributed by atoms with E-state index in [0.717, 1.165) is 12.1 Å². The zero-order valence-electron chi connectivity index (χ0n) is 8.17. The summed E-state index contributed by atoms with van der Waals surface area (Å²) in [4.78, 5) is 0. The van der Waals surface area contributed by atoms with Crippen molar-refractivity contribution in [2.24, 2.45) is 5.73 Å². The summed E-state index contributed by atoms with van der Waals surface area (Å²) >= 11 is 0. The molecule has 4 heteroatoms. The summed E-state index contributed by atoms with van der Waals surface area (Å²) in [7, 11) is 1.86. The van der Waals surface area contributed by atoms with E-state index in [4.69, 9.17) is 16.2 Å². The van der Waals surface area contributed by atoms with Crippen LogP contribution in [0.5, 0.6) is 0 Å². The molecule has 1 aromatic carbocycles. The summed E-state index contributed by atoms with van der Waals surface area (Å²) in [6.07, 6.45) is 0. The summed E-state index contributed by atoms with van der Waals surface area (Å²) in [5, 5.41) is 19.4. The van der Waals surface area contributed by atoms with E-state index >= 15 is 0 Å². The van der Waals surface area contributed by atoms with Crippen LogP contribution in [0.3, 0.4) is 0 Å². The molecule has 0 heterocycles. The molecule has 0 saturated carbocycles. The van der Waals surface area contributed by atoms with Gasteiger partial charge in [0.2, 0.25) is 0 Å². The highest BCUT2D eigenvalue weighted by molar-refractivity contribution is 5.96. The zero-order valence-corrected chi connectivity index (χ0v) is 8.17. The summed E-state index contributed by atoms with van der Waals surface area (Å²) in [5.41, 5.74) is 7.74. The normalized spacial score (nSPS) is 10.1. The van der Waals surface area contributed by atoms with Gasteiger partial charge < -0.3 is 16.2 Å². The number of nitrogens with two attached hydrogens (primary N) is 1. The minimum absolute atomic E-state index is 0.00921. The second-order valence-corrected chi connectivity index (χ2v) is 3.09. The quantitative estimate of drug-likeness (QED) is 0.407. The molecule has 0 aliphatic carbocycles. The van der Waals surface area contributed by atoms with Gasteiger partial charge in [-0.2, -0.15) is 0 Å². The van der Waals surface area contributed by atoms with Crippen LogP contribution in [0.2, 0.25) is 0 Å². The molecule has 1 aromatic rings. The number of rotatable bonds is 4. The molecule has 0 amide bonds. The maximum Gasteiger partial charge on any atom is 0.123 e. The van der Waals surface area contributed by atoms with Crippen LogP contribution >= 0.6 is 0 Å². The Bertz CT molecular complexity index is 336. The fraction of sp³-hybridized carbons (Fsp3) is 0.300. The van der Waals surface area contributed by atoms with E-state index in [-0.39, 0.29) is 12.4 Å². The fourth-order valence-electron chi connectivity index (χ4n) is 1.35. The number of benzene rings is 1. The van der Waals surface area contributed by atoms with Crippen molar-refractivity contribution in [1.29, 1.82) is 5.41 Å². The Kier molecular flexibility index (Phi) is 3.62. The van der Waals surface area contributed by atoms with Crippen LogP contribution in [0.15, 0.2) is 18.2 Å². The second-order valence-electron chi connectivity index (χ2n) is 3.09. The van der Waals surface area contributed by atoms with Gasteiger partial charge in [-0.25, -0.2) is 0 Å². The molecule has 0 aliphatic heterocycles. The number of amidine groups is 1. The summed E-state index contributed by atoms with van der Waals surface area (Å²) < 4.78 is 0. The van der Waals surface area contributed by atoms with E-state index in [9.17, 15) is 0 Å². The van der Waals surface area contributed by atoms with Crippen molar-refractivity contribution in [3.05, 3.63) is 34.9 Å². The van der Waals surface area contributed by atoms with E-state index < -0.39 is 0 Å². The predicted molar refractivity (Wildman–Crippen MR) is 56.1 cm³/mol. The molecular weight excluding hydrogens is 178 g/mol. The zero-order chi connectivity index (χ0) is 10.6. The van der Waals surface area contributed by atoms with E-state index in [1.807, 2.05) is 19.2 Å². The summed E-state index contributed by atoms with van der Waals surface area (Å²) in [6, 6.07) is 5.51. The molecule has 14 heavy (non-hydrogen) atoms. The Balaban J connectivity index is 3.05. The molecule has 4 nitrogen and oxygen atoms in total. The summed E-state index contributed by atoms with van der Waals surface area (Å²) in [5.74, 6) is -0.00921. The van der Waals surface area contributed by atoms with Crippen LogP contribution in [-0.2, 0) is 13.2 Å². The first-order valence-corrected chi connectivity index (χ1v) is 4.40. The Labute approximate surface area is 83.3 Å². The Hall–Kier alpha value is -1.39. The molecule has 0 bridgehead atoms. The topological polar surface area (TPSA) is 82.1 Å². The maximum atomic E-state index is 9.09. The van der Waals surface area contributed by atoms with E-state index in [2.05, 4.69) is 5.32 Å². The van der Waals surface area contributed by atoms with Crippen molar-refractivity contribution in [1.82, 2.24) is 5.32 Å². The molecular formula is C10H15N3O. The molecule has 0 atom stereocenters. The number of aliphatic hydroxyl groups excluding tert-OH is 1. The molecule has 0 aromatic heterocycles. The van der Waals surface area contributed by atoms with Gasteiger partial charge in [-0.3, -0.25) is 5.41 Å². The van der Waals surface area contributed by atoms with Crippen LogP contribution in [0.1, 0.15) is 16.7 Å². The van der Waals surface area contributed by atoms with Crippen molar-refractivity contribution >= 4 is 5.84 Å². The SMILES string of the molecule is CNCc1ccc(C(=N)N)c(CO)c1. The van der Waals surface area contributed by atoms with E-state index in [0.29, 0.717) is 11.1 Å². The van der Waals surface area contributed by atoms with Crippen LogP contribution < -0.4 is 11.1 Å². The standard InChI is InChI=1S/C10H15N3O/c1-13-5-7-2-3-9(10(11)12)8(4-7)6-14/h2-4,13-14H,5-6H2,1H3,(H3,11,12). The van der Waals surface area contributed by atoms with Gasteiger partial charge in [-0.05, 0) is 18.2 Å². The first-order valence-electron chi connectivity index (χ1n) is 4.40. The van der Waals surface area contributed by atoms with Crippen LogP contribution in [0.4, 0.5) is 0 Å². The van der Waals surface area contributed by atoms with Crippen molar-refractivity contribution in [2.75, 3.05) is 7.05 Å². The van der Waals surface area contributed by atoms with Gasteiger partial charge in [0.1, 0.15) is 5.84 Å². The molecule has 1 rings (SSSR count). The molecule has 0 aliphatic rings. The molecule has 0 spiro atoms. The molecule has 0 fully saturated rings. The van der Waals surface area contributed by atoms with Gasteiger partial charge in [0.25, 0.3) is 0 Å². The molecule has 76 valence electrons. The van der Waals surface area contributed by atoms with Crippen LogP contribution in [-0.4, -0.2) is 18.0 Å². The van der Waals surface area contributed by atoms with Gasteiger partial charge in [0.05, 0.1) is 6.61 Å². The number of aliphatic hydroxyl groups is 1. The van der Waals surface area contributed by atoms with Gasteiger partial charge in [0.15, 0.2) is 0 Å². The van der Waals surface area contributed by atoms with Crippen LogP contribution in [0, 0.1) is 5.41 Å². The third kappa shape index (κ3) is 2.31. The van der Waals surface area contributed by atoms with Crippen molar-refractivity contribution in [2.45, 2.75) is 13.2 Å². The van der Waals surface area contributed by atoms with Gasteiger partial charge in [-0.1, -0.05) is 18.2 Å². The Morgan fingerprint density at radius 2 is 2.29 bits per heavy atom. The third-order valence-corrected chi connectivity index (χ3v) is 2.01. The van der Waals surface area contributed by atoms with Gasteiger partial charge in [-0.15, -0.1) is 0 Å². The molecule has 5 N–H and O–H groups in total. The maximum absolute atomic E-state index is 9.09. The monoisotopic (exact) mass is 193 g/mol. The molecule has 0 unspecified atom stereocenters. The van der Waals surface area contributed by atoms with Gasteiger partial charge >= 0.3 is 0 Å². The Morgan fingerprint density at radius 1 is 1.57 bits per heavy atom. The van der Waals surface area contributed by atoms with E-state index in [1.165, 1.54) is 0 Å². The van der Waals surface area contributed by atoms with E-state index in [1.54, 1.807) is 6.07 Å². The number of hydrogen-bond donors (Lipinski definition) is 4. The average Bonchev–Trinajstić information content (AvgIpc) is 2.17. The first-order chi connectivity index (χ1) is 6.69. The number of nitrogen functional groups attached to an aromatic ring is 1. The van der Waals surface area contributed by atoms with Crippen molar-refractivity contribution in [3.8, 4) is 0 Å². The highest BCUT2D eigenvalue weighted by Crippen LogP contribution is 2.11. The predicted octanol–water partition coefficient (Wildman–Crippen LogP) is 0.182. The molecule has 0 saturated heterocycles. The van der Waals surface area contributed by atoms with Crippen molar-refractivity contribution < 1.29 is 5.11 Å². The fourth-order valence-corrected chi connectivity index (χ4v) is 1.35. The lowest BCUT2D eigenvalue weighted by molar-refractivity contribution is 0.281. The minimum atomic E-state index is -0.0908. The second kappa shape index (κ2) is 4.74. The lowest BCUT2D eigenvalue weighted by Crippen LogP contribution is -2.15. The Morgan fingerprint density at radius 3 is 2.79 bits per heavy atom. The van der Waals surface area contributed by atoms with Crippen LogP contribution in [0.25, 0.3) is 0 Å². The largest absolute Gasteiger partial charge is 0.392 e. The highest BCUT2D eigenvalue weighted by Gasteiger charge is 2.04.